The van der Waals surface area contributed by atoms with Crippen LogP contribution in [0.4, 0.5) is 5.82 Å². The molecule has 0 bridgehead atoms. The monoisotopic (exact) mass is 294 g/mol. The van der Waals surface area contributed by atoms with E-state index in [1.165, 1.54) is 11.3 Å². The summed E-state index contributed by atoms with van der Waals surface area (Å²) in [6.07, 6.45) is 0. The van der Waals surface area contributed by atoms with Crippen LogP contribution in [0.3, 0.4) is 0 Å². The van der Waals surface area contributed by atoms with E-state index in [1.54, 1.807) is 11.8 Å². The van der Waals surface area contributed by atoms with Gasteiger partial charge in [-0.2, -0.15) is 0 Å². The number of aromatic nitrogens is 2. The van der Waals surface area contributed by atoms with E-state index in [0.29, 0.717) is 29.6 Å². The summed E-state index contributed by atoms with van der Waals surface area (Å²) in [6, 6.07) is 0. The average molecular weight is 294 g/mol. The quantitative estimate of drug-likeness (QED) is 0.888. The minimum atomic E-state index is -0.0981. The molecule has 0 aliphatic rings. The number of hydrogen-bond acceptors (Lipinski definition) is 6. The van der Waals surface area contributed by atoms with Crippen molar-refractivity contribution in [2.45, 2.75) is 20.8 Å². The van der Waals surface area contributed by atoms with Crippen LogP contribution in [0.25, 0.3) is 10.2 Å². The normalized spacial score (nSPS) is 11.0. The molecule has 0 radical (unpaired) electrons. The Labute approximate surface area is 121 Å². The van der Waals surface area contributed by atoms with Crippen molar-refractivity contribution in [3.05, 3.63) is 16.3 Å². The third kappa shape index (κ3) is 2.46. The molecule has 3 N–H and O–H groups in total. The molecule has 7 heteroatoms. The lowest BCUT2D eigenvalue weighted by atomic mass is 10.2. The van der Waals surface area contributed by atoms with Gasteiger partial charge in [0.25, 0.3) is 5.91 Å². The second-order valence-corrected chi connectivity index (χ2v) is 5.50. The number of thiophene rings is 1. The largest absolute Gasteiger partial charge is 0.395 e. The van der Waals surface area contributed by atoms with E-state index in [-0.39, 0.29) is 12.5 Å². The van der Waals surface area contributed by atoms with E-state index in [4.69, 9.17) is 10.8 Å². The molecule has 2 rings (SSSR count). The predicted octanol–water partition coefficient (Wildman–Crippen LogP) is 1.34. The predicted molar refractivity (Wildman–Crippen MR) is 80.0 cm³/mol. The number of nitrogen functional groups attached to an aromatic ring is 1. The molecule has 2 aromatic heterocycles. The third-order valence-electron chi connectivity index (χ3n) is 3.16. The number of carbonyl (C=O) groups is 1. The van der Waals surface area contributed by atoms with Gasteiger partial charge in [0.05, 0.1) is 16.9 Å². The highest BCUT2D eigenvalue weighted by Crippen LogP contribution is 2.33. The molecule has 2 aromatic rings. The molecule has 20 heavy (non-hydrogen) atoms. The number of rotatable bonds is 4. The lowest BCUT2D eigenvalue weighted by molar-refractivity contribution is 0.0736. The van der Waals surface area contributed by atoms with E-state index in [2.05, 4.69) is 9.97 Å². The second kappa shape index (κ2) is 5.72. The van der Waals surface area contributed by atoms with Gasteiger partial charge in [0, 0.05) is 13.1 Å². The molecule has 0 aliphatic carbocycles. The molecule has 0 aliphatic heterocycles. The fourth-order valence-corrected chi connectivity index (χ4v) is 3.35. The first kappa shape index (κ1) is 14.7. The van der Waals surface area contributed by atoms with Crippen molar-refractivity contribution >= 4 is 33.3 Å². The number of fused-ring (bicyclic) bond motifs is 1. The molecule has 0 unspecified atom stereocenters. The maximum Gasteiger partial charge on any atom is 0.264 e. The smallest absolute Gasteiger partial charge is 0.264 e. The number of nitrogens with two attached hydrogens (primary N) is 1. The maximum atomic E-state index is 12.5. The Morgan fingerprint density at radius 3 is 2.70 bits per heavy atom. The maximum absolute atomic E-state index is 12.5. The topological polar surface area (TPSA) is 92.3 Å². The number of anilines is 1. The van der Waals surface area contributed by atoms with Gasteiger partial charge in [-0.25, -0.2) is 9.97 Å². The molecule has 0 saturated heterocycles. The van der Waals surface area contributed by atoms with Crippen LogP contribution in [-0.4, -0.2) is 45.6 Å². The Kier molecular flexibility index (Phi) is 4.20. The summed E-state index contributed by atoms with van der Waals surface area (Å²) in [5.74, 6) is 0.905. The molecule has 108 valence electrons. The van der Waals surface area contributed by atoms with Gasteiger partial charge in [0.15, 0.2) is 0 Å². The fraction of sp³-hybridized carbons (Fsp3) is 0.462. The van der Waals surface area contributed by atoms with Gasteiger partial charge < -0.3 is 15.7 Å². The molecule has 0 spiro atoms. The summed E-state index contributed by atoms with van der Waals surface area (Å²) in [5, 5.41) is 9.77. The lowest BCUT2D eigenvalue weighted by Crippen LogP contribution is -2.33. The first-order valence-corrected chi connectivity index (χ1v) is 7.24. The molecule has 0 aromatic carbocycles. The van der Waals surface area contributed by atoms with Crippen molar-refractivity contribution in [3.8, 4) is 0 Å². The van der Waals surface area contributed by atoms with Crippen molar-refractivity contribution in [1.29, 1.82) is 0 Å². The van der Waals surface area contributed by atoms with Gasteiger partial charge in [-0.1, -0.05) is 0 Å². The first-order valence-electron chi connectivity index (χ1n) is 6.42. The van der Waals surface area contributed by atoms with Crippen LogP contribution in [-0.2, 0) is 0 Å². The molecule has 1 amide bonds. The third-order valence-corrected chi connectivity index (χ3v) is 4.34. The van der Waals surface area contributed by atoms with Crippen LogP contribution in [0, 0.1) is 13.8 Å². The Morgan fingerprint density at radius 1 is 1.40 bits per heavy atom. The summed E-state index contributed by atoms with van der Waals surface area (Å²) >= 11 is 1.33. The number of likely N-dealkylation sites (N-methyl/N-ethyl adjacent to an activating group) is 1. The molecule has 0 atom stereocenters. The molecule has 2 heterocycles. The van der Waals surface area contributed by atoms with Gasteiger partial charge >= 0.3 is 0 Å². The van der Waals surface area contributed by atoms with Crippen molar-refractivity contribution in [1.82, 2.24) is 14.9 Å². The van der Waals surface area contributed by atoms with Gasteiger partial charge in [0.2, 0.25) is 0 Å². The van der Waals surface area contributed by atoms with Crippen molar-refractivity contribution in [2.75, 3.05) is 25.4 Å². The molecular formula is C13H18N4O2S. The zero-order chi connectivity index (χ0) is 14.9. The average Bonchev–Trinajstić information content (AvgIpc) is 2.72. The zero-order valence-corrected chi connectivity index (χ0v) is 12.6. The number of hydrogen-bond donors (Lipinski definition) is 2. The van der Waals surface area contributed by atoms with Crippen LogP contribution in [0.5, 0.6) is 0 Å². The molecular weight excluding hydrogens is 276 g/mol. The van der Waals surface area contributed by atoms with Crippen molar-refractivity contribution in [2.24, 2.45) is 0 Å². The van der Waals surface area contributed by atoms with Crippen LogP contribution >= 0.6 is 11.3 Å². The molecule has 6 nitrogen and oxygen atoms in total. The van der Waals surface area contributed by atoms with E-state index in [1.807, 2.05) is 13.8 Å². The zero-order valence-electron chi connectivity index (χ0n) is 11.8. The van der Waals surface area contributed by atoms with E-state index < -0.39 is 0 Å². The number of nitrogens with zero attached hydrogens (tertiary/aromatic N) is 3. The van der Waals surface area contributed by atoms with E-state index in [0.717, 1.165) is 15.8 Å². The van der Waals surface area contributed by atoms with Crippen molar-refractivity contribution < 1.29 is 9.90 Å². The highest BCUT2D eigenvalue weighted by molar-refractivity contribution is 7.20. The van der Waals surface area contributed by atoms with E-state index in [9.17, 15) is 4.79 Å². The summed E-state index contributed by atoms with van der Waals surface area (Å²) in [6.45, 7) is 6.33. The number of amides is 1. The summed E-state index contributed by atoms with van der Waals surface area (Å²) in [4.78, 5) is 23.9. The van der Waals surface area contributed by atoms with Gasteiger partial charge in [-0.05, 0) is 26.3 Å². The standard InChI is InChI=1S/C13H18N4O2S/c1-4-17(5-6-18)13(19)10-7(2)9-11(14)15-8(3)16-12(9)20-10/h18H,4-6H2,1-3H3,(H2,14,15,16). The van der Waals surface area contributed by atoms with Crippen LogP contribution in [0.2, 0.25) is 0 Å². The Morgan fingerprint density at radius 2 is 2.10 bits per heavy atom. The molecule has 0 saturated carbocycles. The summed E-state index contributed by atoms with van der Waals surface area (Å²) < 4.78 is 0. The highest BCUT2D eigenvalue weighted by atomic mass is 32.1. The SMILES string of the molecule is CCN(CCO)C(=O)c1sc2nc(C)nc(N)c2c1C. The summed E-state index contributed by atoms with van der Waals surface area (Å²) in [7, 11) is 0. The van der Waals surface area contributed by atoms with Crippen LogP contribution < -0.4 is 5.73 Å². The minimum absolute atomic E-state index is 0.0510. The lowest BCUT2D eigenvalue weighted by Gasteiger charge is -2.19. The van der Waals surface area contributed by atoms with Gasteiger partial charge in [0.1, 0.15) is 16.5 Å². The minimum Gasteiger partial charge on any atom is -0.395 e. The van der Waals surface area contributed by atoms with Gasteiger partial charge in [-0.15, -0.1) is 11.3 Å². The fourth-order valence-electron chi connectivity index (χ4n) is 2.15. The van der Waals surface area contributed by atoms with Crippen molar-refractivity contribution in [3.63, 3.8) is 0 Å². The number of aliphatic hydroxyl groups excluding tert-OH is 1. The second-order valence-electron chi connectivity index (χ2n) is 4.50. The first-order chi connectivity index (χ1) is 9.49. The van der Waals surface area contributed by atoms with Crippen LogP contribution in [0.1, 0.15) is 28.0 Å². The number of aliphatic hydroxyl groups is 1. The number of carbonyl (C=O) groups excluding carboxylic acids is 1. The Bertz CT molecular complexity index is 653. The van der Waals surface area contributed by atoms with Crippen LogP contribution in [0.15, 0.2) is 0 Å². The van der Waals surface area contributed by atoms with E-state index >= 15 is 0 Å². The Hall–Kier alpha value is -1.73. The Balaban J connectivity index is 2.53. The highest BCUT2D eigenvalue weighted by Gasteiger charge is 2.22. The van der Waals surface area contributed by atoms with Gasteiger partial charge in [-0.3, -0.25) is 4.79 Å². The number of aryl methyl sites for hydroxylation is 2. The molecule has 0 fully saturated rings. The summed E-state index contributed by atoms with van der Waals surface area (Å²) in [5.41, 5.74) is 6.74.